The highest BCUT2D eigenvalue weighted by atomic mass is 32.2. The van der Waals surface area contributed by atoms with E-state index in [0.717, 1.165) is 17.3 Å². The van der Waals surface area contributed by atoms with Crippen LogP contribution in [-0.4, -0.2) is 10.6 Å². The molecule has 0 spiro atoms. The topological polar surface area (TPSA) is 15.4 Å². The van der Waals surface area contributed by atoms with E-state index in [-0.39, 0.29) is 10.8 Å². The first-order valence-electron chi connectivity index (χ1n) is 11.8. The molecule has 0 aliphatic carbocycles. The number of nitrogens with zero attached hydrogens (tertiary/aromatic N) is 2. The summed E-state index contributed by atoms with van der Waals surface area (Å²) in [5, 5.41) is 5.16. The van der Waals surface area contributed by atoms with Gasteiger partial charge in [-0.15, -0.1) is 0 Å². The number of thioether (sulfide) groups is 1. The van der Waals surface area contributed by atoms with Gasteiger partial charge in [0.05, 0.1) is 0 Å². The minimum atomic E-state index is -0.147. The summed E-state index contributed by atoms with van der Waals surface area (Å²) in [5.41, 5.74) is 7.14. The van der Waals surface area contributed by atoms with Crippen LogP contribution in [0.25, 0.3) is 0 Å². The average molecular weight is 464 g/mol. The number of benzene rings is 4. The van der Waals surface area contributed by atoms with Gasteiger partial charge >= 0.3 is 0 Å². The molecule has 34 heavy (non-hydrogen) atoms. The molecule has 0 bridgehead atoms. The lowest BCUT2D eigenvalue weighted by Gasteiger charge is -2.33. The predicted octanol–water partition coefficient (Wildman–Crippen LogP) is 8.83. The monoisotopic (exact) mass is 463 g/mol. The van der Waals surface area contributed by atoms with E-state index in [1.54, 1.807) is 0 Å². The average Bonchev–Trinajstić information content (AvgIpc) is 2.89. The van der Waals surface area contributed by atoms with Crippen molar-refractivity contribution in [2.24, 2.45) is 5.11 Å². The van der Waals surface area contributed by atoms with Gasteiger partial charge < -0.3 is 0 Å². The Hall–Kier alpha value is -3.17. The predicted molar refractivity (Wildman–Crippen MR) is 143 cm³/mol. The highest BCUT2D eigenvalue weighted by Gasteiger charge is 2.34. The number of azo groups is 2. The molecule has 1 aliphatic rings. The van der Waals surface area contributed by atoms with Gasteiger partial charge in [0.25, 0.3) is 0 Å². The van der Waals surface area contributed by atoms with E-state index in [1.807, 2.05) is 11.8 Å². The van der Waals surface area contributed by atoms with Crippen molar-refractivity contribution in [3.8, 4) is 0 Å². The SMILES string of the molecule is CC(C)(c1ccccc1)c1cc2c(c(C(C)(C)c3ccccc3)c1)SC[N+](c1ccccc1)=N2. The lowest BCUT2D eigenvalue weighted by atomic mass is 9.73. The summed E-state index contributed by atoms with van der Waals surface area (Å²) in [4.78, 5) is 1.29. The Bertz CT molecular complexity index is 1320. The van der Waals surface area contributed by atoms with Gasteiger partial charge in [-0.05, 0) is 28.3 Å². The second-order valence-electron chi connectivity index (χ2n) is 9.96. The molecule has 0 aromatic heterocycles. The van der Waals surface area contributed by atoms with Gasteiger partial charge in [0, 0.05) is 33.0 Å². The third-order valence-electron chi connectivity index (χ3n) is 7.07. The summed E-state index contributed by atoms with van der Waals surface area (Å²) in [7, 11) is 0. The van der Waals surface area contributed by atoms with E-state index in [0.29, 0.717) is 0 Å². The molecular formula is C31H31N2S+. The quantitative estimate of drug-likeness (QED) is 0.270. The van der Waals surface area contributed by atoms with E-state index in [2.05, 4.69) is 136 Å². The van der Waals surface area contributed by atoms with Crippen LogP contribution in [0.5, 0.6) is 0 Å². The highest BCUT2D eigenvalue weighted by Crippen LogP contribution is 2.48. The van der Waals surface area contributed by atoms with Crippen LogP contribution in [-0.2, 0) is 10.8 Å². The second kappa shape index (κ2) is 8.88. The Kier molecular flexibility index (Phi) is 5.91. The first kappa shape index (κ1) is 22.6. The van der Waals surface area contributed by atoms with Crippen molar-refractivity contribution in [3.63, 3.8) is 0 Å². The molecule has 4 aromatic rings. The van der Waals surface area contributed by atoms with Crippen LogP contribution in [0.3, 0.4) is 0 Å². The Labute approximate surface area is 207 Å². The van der Waals surface area contributed by atoms with E-state index in [4.69, 9.17) is 5.11 Å². The zero-order valence-corrected chi connectivity index (χ0v) is 21.1. The number of rotatable bonds is 5. The molecular weight excluding hydrogens is 432 g/mol. The van der Waals surface area contributed by atoms with Crippen LogP contribution in [0.4, 0.5) is 11.4 Å². The van der Waals surface area contributed by atoms with Gasteiger partial charge in [0.1, 0.15) is 5.69 Å². The fourth-order valence-corrected chi connectivity index (χ4v) is 5.89. The minimum Gasteiger partial charge on any atom is -0.0737 e. The number of hydrogen-bond donors (Lipinski definition) is 0. The van der Waals surface area contributed by atoms with E-state index in [9.17, 15) is 0 Å². The smallest absolute Gasteiger partial charge is 0.0737 e. The van der Waals surface area contributed by atoms with Crippen molar-refractivity contribution in [3.05, 3.63) is 125 Å². The van der Waals surface area contributed by atoms with Crippen molar-refractivity contribution in [1.29, 1.82) is 0 Å². The summed E-state index contributed by atoms with van der Waals surface area (Å²) in [6, 6.07) is 36.8. The molecule has 0 amide bonds. The second-order valence-corrected chi connectivity index (χ2v) is 10.9. The van der Waals surface area contributed by atoms with E-state index < -0.39 is 0 Å². The van der Waals surface area contributed by atoms with Gasteiger partial charge in [-0.25, -0.2) is 0 Å². The van der Waals surface area contributed by atoms with Crippen LogP contribution >= 0.6 is 11.8 Å². The fourth-order valence-electron chi connectivity index (χ4n) is 4.71. The molecule has 5 rings (SSSR count). The maximum atomic E-state index is 5.16. The largest absolute Gasteiger partial charge is 0.232 e. The van der Waals surface area contributed by atoms with Crippen molar-refractivity contribution in [1.82, 2.24) is 0 Å². The Morgan fingerprint density at radius 1 is 0.647 bits per heavy atom. The van der Waals surface area contributed by atoms with Gasteiger partial charge in [-0.2, -0.15) is 0 Å². The molecule has 2 nitrogen and oxygen atoms in total. The molecule has 4 aromatic carbocycles. The lowest BCUT2D eigenvalue weighted by Crippen LogP contribution is -2.24. The molecule has 3 heteroatoms. The highest BCUT2D eigenvalue weighted by molar-refractivity contribution is 7.99. The molecule has 0 radical (unpaired) electrons. The minimum absolute atomic E-state index is 0.146. The molecule has 0 saturated carbocycles. The summed E-state index contributed by atoms with van der Waals surface area (Å²) in [6.07, 6.45) is 0. The van der Waals surface area contributed by atoms with Gasteiger partial charge in [0.15, 0.2) is 0 Å². The van der Waals surface area contributed by atoms with Crippen LogP contribution in [0.2, 0.25) is 0 Å². The van der Waals surface area contributed by atoms with Crippen LogP contribution in [0.1, 0.15) is 49.9 Å². The first-order valence-corrected chi connectivity index (χ1v) is 12.8. The van der Waals surface area contributed by atoms with Crippen molar-refractivity contribution in [2.75, 3.05) is 5.88 Å². The van der Waals surface area contributed by atoms with E-state index >= 15 is 0 Å². The summed E-state index contributed by atoms with van der Waals surface area (Å²) >= 11 is 1.89. The van der Waals surface area contributed by atoms with Gasteiger partial charge in [-0.3, -0.25) is 0 Å². The van der Waals surface area contributed by atoms with E-state index in [1.165, 1.54) is 27.1 Å². The van der Waals surface area contributed by atoms with Crippen molar-refractivity contribution in [2.45, 2.75) is 43.4 Å². The number of hydrogen-bond acceptors (Lipinski definition) is 2. The van der Waals surface area contributed by atoms with Gasteiger partial charge in [-0.1, -0.05) is 129 Å². The Morgan fingerprint density at radius 3 is 1.76 bits per heavy atom. The Balaban J connectivity index is 1.73. The molecule has 0 unspecified atom stereocenters. The lowest BCUT2D eigenvalue weighted by molar-refractivity contribution is -0.488. The van der Waals surface area contributed by atoms with Crippen molar-refractivity contribution < 1.29 is 4.70 Å². The maximum absolute atomic E-state index is 5.16. The maximum Gasteiger partial charge on any atom is 0.232 e. The Morgan fingerprint density at radius 2 is 1.18 bits per heavy atom. The van der Waals surface area contributed by atoms with Crippen LogP contribution < -0.4 is 0 Å². The van der Waals surface area contributed by atoms with Crippen molar-refractivity contribution >= 4 is 23.1 Å². The summed E-state index contributed by atoms with van der Waals surface area (Å²) in [6.45, 7) is 9.30. The van der Waals surface area contributed by atoms with Crippen LogP contribution in [0.15, 0.2) is 113 Å². The number of fused-ring (bicyclic) bond motifs is 1. The van der Waals surface area contributed by atoms with Gasteiger partial charge in [0.2, 0.25) is 11.6 Å². The number of para-hydroxylation sites is 1. The fraction of sp³-hybridized carbons (Fsp3) is 0.226. The van der Waals surface area contributed by atoms with Crippen LogP contribution in [0, 0.1) is 0 Å². The third kappa shape index (κ3) is 4.10. The summed E-state index contributed by atoms with van der Waals surface area (Å²) in [5.74, 6) is 0.802. The molecule has 0 fully saturated rings. The molecule has 0 atom stereocenters. The third-order valence-corrected chi connectivity index (χ3v) is 8.16. The molecule has 1 aliphatic heterocycles. The standard InChI is InChI=1S/C31H31N2S/c1-30(2,23-14-8-5-9-15-23)25-20-27(31(3,4)24-16-10-6-11-17-24)29-28(21-25)32-33(22-34-29)26-18-12-7-13-19-26/h5-21H,22H2,1-4H3/q+1. The normalized spacial score (nSPS) is 13.8. The first-order chi connectivity index (χ1) is 16.4. The molecule has 0 saturated heterocycles. The molecule has 1 heterocycles. The molecule has 0 N–H and O–H groups in total. The zero-order valence-electron chi connectivity index (χ0n) is 20.3. The summed E-state index contributed by atoms with van der Waals surface area (Å²) < 4.78 is 2.12. The zero-order chi connectivity index (χ0) is 23.8. The molecule has 170 valence electrons.